The first kappa shape index (κ1) is 19.8. The molecule has 0 aromatic rings. The summed E-state index contributed by atoms with van der Waals surface area (Å²) in [6.07, 6.45) is -1.64. The summed E-state index contributed by atoms with van der Waals surface area (Å²) in [7, 11) is 0. The van der Waals surface area contributed by atoms with Crippen molar-refractivity contribution in [2.75, 3.05) is 46.2 Å². The van der Waals surface area contributed by atoms with Gasteiger partial charge < -0.3 is 34.3 Å². The van der Waals surface area contributed by atoms with E-state index in [0.29, 0.717) is 26.4 Å². The van der Waals surface area contributed by atoms with Gasteiger partial charge >= 0.3 is 0 Å². The molecule has 0 aliphatic carbocycles. The molecule has 1 aliphatic heterocycles. The number of hydrogen-bond acceptors (Lipinski definition) is 7. The van der Waals surface area contributed by atoms with Crippen molar-refractivity contribution < 1.29 is 34.3 Å². The van der Waals surface area contributed by atoms with Crippen LogP contribution in [0.15, 0.2) is 0 Å². The van der Waals surface area contributed by atoms with E-state index in [4.69, 9.17) is 18.9 Å². The van der Waals surface area contributed by atoms with Gasteiger partial charge in [0.15, 0.2) is 6.29 Å². The van der Waals surface area contributed by atoms with E-state index in [-0.39, 0.29) is 19.1 Å². The summed E-state index contributed by atoms with van der Waals surface area (Å²) in [5.74, 6) is -0.891. The van der Waals surface area contributed by atoms with Crippen LogP contribution in [0.4, 0.5) is 0 Å². The van der Waals surface area contributed by atoms with Crippen molar-refractivity contribution in [3.8, 4) is 0 Å². The second-order valence-corrected chi connectivity index (χ2v) is 5.58. The Hall–Kier alpha value is -0.280. The lowest BCUT2D eigenvalue weighted by atomic mass is 9.93. The zero-order valence-electron chi connectivity index (χ0n) is 13.5. The van der Waals surface area contributed by atoms with Crippen molar-refractivity contribution in [1.29, 1.82) is 0 Å². The van der Waals surface area contributed by atoms with Gasteiger partial charge in [0.05, 0.1) is 51.8 Å². The number of rotatable bonds is 10. The number of aliphatic hydroxyl groups excluding tert-OH is 3. The Morgan fingerprint density at radius 1 is 1.00 bits per heavy atom. The maximum atomic E-state index is 10.1. The monoisotopic (exact) mass is 322 g/mol. The fourth-order valence-corrected chi connectivity index (χ4v) is 2.27. The topological polar surface area (TPSA) is 97.6 Å². The van der Waals surface area contributed by atoms with Crippen LogP contribution in [-0.4, -0.2) is 80.1 Å². The Morgan fingerprint density at radius 3 is 2.27 bits per heavy atom. The van der Waals surface area contributed by atoms with Gasteiger partial charge in [-0.3, -0.25) is 0 Å². The lowest BCUT2D eigenvalue weighted by molar-refractivity contribution is -0.186. The van der Waals surface area contributed by atoms with Crippen molar-refractivity contribution in [2.24, 2.45) is 11.8 Å². The van der Waals surface area contributed by atoms with Crippen LogP contribution in [-0.2, 0) is 18.9 Å². The molecule has 132 valence electrons. The van der Waals surface area contributed by atoms with Crippen LogP contribution in [0.3, 0.4) is 0 Å². The van der Waals surface area contributed by atoms with Gasteiger partial charge in [0.25, 0.3) is 0 Å². The molecule has 1 heterocycles. The second-order valence-electron chi connectivity index (χ2n) is 5.58. The van der Waals surface area contributed by atoms with E-state index in [9.17, 15) is 15.3 Å². The highest BCUT2D eigenvalue weighted by Crippen LogP contribution is 2.25. The zero-order chi connectivity index (χ0) is 16.4. The Labute approximate surface area is 132 Å². The van der Waals surface area contributed by atoms with Gasteiger partial charge in [0.1, 0.15) is 0 Å². The van der Waals surface area contributed by atoms with Gasteiger partial charge in [-0.2, -0.15) is 0 Å². The smallest absolute Gasteiger partial charge is 0.162 e. The summed E-state index contributed by atoms with van der Waals surface area (Å²) in [4.78, 5) is 0. The fraction of sp³-hybridized carbons (Fsp3) is 1.00. The van der Waals surface area contributed by atoms with Crippen molar-refractivity contribution >= 4 is 0 Å². The van der Waals surface area contributed by atoms with Gasteiger partial charge in [0.2, 0.25) is 0 Å². The largest absolute Gasteiger partial charge is 0.396 e. The average molecular weight is 322 g/mol. The van der Waals surface area contributed by atoms with Crippen LogP contribution < -0.4 is 0 Å². The predicted molar refractivity (Wildman–Crippen MR) is 79.4 cm³/mol. The highest BCUT2D eigenvalue weighted by Gasteiger charge is 2.38. The van der Waals surface area contributed by atoms with Crippen LogP contribution in [0.25, 0.3) is 0 Å². The van der Waals surface area contributed by atoms with Gasteiger partial charge in [-0.25, -0.2) is 0 Å². The van der Waals surface area contributed by atoms with Crippen molar-refractivity contribution in [2.45, 2.75) is 38.8 Å². The van der Waals surface area contributed by atoms with Crippen molar-refractivity contribution in [3.63, 3.8) is 0 Å². The lowest BCUT2D eigenvalue weighted by Gasteiger charge is -2.26. The van der Waals surface area contributed by atoms with Gasteiger partial charge in [-0.1, -0.05) is 13.8 Å². The number of ether oxygens (including phenoxy) is 4. The Balaban J connectivity index is 2.21. The molecular weight excluding hydrogens is 292 g/mol. The minimum atomic E-state index is -1.01. The standard InChI is InChI=1S/C15H30O7/c1-3-4-19-5-6-20-7-8-21-15-11(2)13(17)14(18)12(9-16)10-22-15/h11-18H,3-10H2,1-2H3. The van der Waals surface area contributed by atoms with Gasteiger partial charge in [-0.15, -0.1) is 0 Å². The molecule has 1 fully saturated rings. The minimum absolute atomic E-state index is 0.148. The molecule has 7 nitrogen and oxygen atoms in total. The quantitative estimate of drug-likeness (QED) is 0.478. The molecule has 0 spiro atoms. The molecule has 22 heavy (non-hydrogen) atoms. The van der Waals surface area contributed by atoms with Crippen LogP contribution in [0.5, 0.6) is 0 Å². The molecule has 1 rings (SSSR count). The summed E-state index contributed by atoms with van der Waals surface area (Å²) < 4.78 is 21.8. The maximum absolute atomic E-state index is 10.1. The third-order valence-corrected chi connectivity index (χ3v) is 3.74. The predicted octanol–water partition coefficient (Wildman–Crippen LogP) is -0.231. The Morgan fingerprint density at radius 2 is 1.64 bits per heavy atom. The van der Waals surface area contributed by atoms with E-state index in [0.717, 1.165) is 13.0 Å². The average Bonchev–Trinajstić information content (AvgIpc) is 2.62. The molecule has 5 atom stereocenters. The Bertz CT molecular complexity index is 277. The van der Waals surface area contributed by atoms with Crippen LogP contribution in [0.2, 0.25) is 0 Å². The lowest BCUT2D eigenvalue weighted by Crippen LogP contribution is -2.41. The normalized spacial score (nSPS) is 32.9. The van der Waals surface area contributed by atoms with Crippen molar-refractivity contribution in [3.05, 3.63) is 0 Å². The molecule has 0 radical (unpaired) electrons. The van der Waals surface area contributed by atoms with Gasteiger partial charge in [0, 0.05) is 18.4 Å². The SMILES string of the molecule is CCCOCCOCCOC1OCC(CO)C(O)C(O)C1C. The second kappa shape index (κ2) is 11.3. The first-order valence-electron chi connectivity index (χ1n) is 7.97. The number of hydrogen-bond donors (Lipinski definition) is 3. The van der Waals surface area contributed by atoms with E-state index in [1.807, 2.05) is 0 Å². The molecular formula is C15H30O7. The molecule has 0 saturated carbocycles. The Kier molecular flexibility index (Phi) is 10.1. The van der Waals surface area contributed by atoms with E-state index >= 15 is 0 Å². The highest BCUT2D eigenvalue weighted by atomic mass is 16.7. The summed E-state index contributed by atoms with van der Waals surface area (Å²) in [6.45, 7) is 6.26. The molecule has 0 amide bonds. The number of aliphatic hydroxyl groups is 3. The first-order valence-corrected chi connectivity index (χ1v) is 7.97. The molecule has 1 aliphatic rings. The van der Waals surface area contributed by atoms with Crippen LogP contribution in [0, 0.1) is 11.8 Å². The van der Waals surface area contributed by atoms with E-state index in [2.05, 4.69) is 6.92 Å². The summed E-state index contributed by atoms with van der Waals surface area (Å²) >= 11 is 0. The van der Waals surface area contributed by atoms with Crippen molar-refractivity contribution in [1.82, 2.24) is 0 Å². The van der Waals surface area contributed by atoms with Gasteiger partial charge in [-0.05, 0) is 6.42 Å². The molecule has 5 unspecified atom stereocenters. The summed E-state index contributed by atoms with van der Waals surface area (Å²) in [5.41, 5.74) is 0. The molecule has 7 heteroatoms. The van der Waals surface area contributed by atoms with Crippen LogP contribution >= 0.6 is 0 Å². The first-order chi connectivity index (χ1) is 10.6. The maximum Gasteiger partial charge on any atom is 0.162 e. The summed E-state index contributed by atoms with van der Waals surface area (Å²) in [6, 6.07) is 0. The zero-order valence-corrected chi connectivity index (χ0v) is 13.5. The van der Waals surface area contributed by atoms with Crippen LogP contribution in [0.1, 0.15) is 20.3 Å². The van der Waals surface area contributed by atoms with E-state index in [1.165, 1.54) is 0 Å². The highest BCUT2D eigenvalue weighted by molar-refractivity contribution is 4.84. The minimum Gasteiger partial charge on any atom is -0.396 e. The molecule has 0 bridgehead atoms. The third kappa shape index (κ3) is 6.45. The molecule has 0 aromatic heterocycles. The molecule has 1 saturated heterocycles. The molecule has 3 N–H and O–H groups in total. The van der Waals surface area contributed by atoms with E-state index < -0.39 is 24.4 Å². The molecule has 0 aromatic carbocycles. The van der Waals surface area contributed by atoms with E-state index in [1.54, 1.807) is 6.92 Å². The third-order valence-electron chi connectivity index (χ3n) is 3.74. The fourth-order valence-electron chi connectivity index (χ4n) is 2.27. The summed E-state index contributed by atoms with van der Waals surface area (Å²) in [5, 5.41) is 29.2.